The molecule has 0 saturated carbocycles. The van der Waals surface area contributed by atoms with Crippen LogP contribution in [0.2, 0.25) is 0 Å². The zero-order valence-electron chi connectivity index (χ0n) is 12.7. The molecule has 0 heterocycles. The molecule has 0 spiro atoms. The number of carboxylic acid groups (broad SMARTS) is 2. The molecule has 1 unspecified atom stereocenters. The van der Waals surface area contributed by atoms with Crippen molar-refractivity contribution in [3.8, 4) is 12.3 Å². The molecule has 22 heavy (non-hydrogen) atoms. The van der Waals surface area contributed by atoms with Crippen molar-refractivity contribution in [1.82, 2.24) is 0 Å². The minimum absolute atomic E-state index is 0.803. The number of nitrogens with one attached hydrogen (secondary N) is 1. The third kappa shape index (κ3) is 9.34. The van der Waals surface area contributed by atoms with Crippen molar-refractivity contribution in [1.29, 1.82) is 0 Å². The van der Waals surface area contributed by atoms with Gasteiger partial charge in [0.1, 0.15) is 6.54 Å². The van der Waals surface area contributed by atoms with Gasteiger partial charge in [0.15, 0.2) is 5.97 Å². The lowest BCUT2D eigenvalue weighted by atomic mass is 10.0. The first-order valence-electron chi connectivity index (χ1n) is 6.80. The first-order chi connectivity index (χ1) is 10.4. The molecular formula is C17H21NO4. The highest BCUT2D eigenvalue weighted by atomic mass is 16.4. The molecule has 1 aromatic rings. The second kappa shape index (κ2) is 11.1. The molecule has 5 nitrogen and oxygen atoms in total. The molecule has 1 rings (SSSR count). The molecule has 0 radical (unpaired) electrons. The molecule has 0 fully saturated rings. The van der Waals surface area contributed by atoms with Gasteiger partial charge >= 0.3 is 5.97 Å². The minimum atomic E-state index is -2.07. The second-order valence-electron chi connectivity index (χ2n) is 4.75. The first-order valence-corrected chi connectivity index (χ1v) is 6.80. The molecule has 0 aromatic heterocycles. The summed E-state index contributed by atoms with van der Waals surface area (Å²) in [6.07, 6.45) is 7.45. The largest absolute Gasteiger partial charge is 0.539 e. The average Bonchev–Trinajstić information content (AvgIpc) is 2.49. The number of hydrogen-bond acceptors (Lipinski definition) is 3. The first kappa shape index (κ1) is 19.4. The Balaban J connectivity index is 0.000000626. The van der Waals surface area contributed by atoms with E-state index in [1.165, 1.54) is 16.0 Å². The SMILES string of the molecule is C#CC[NH+](C)CCCC(=C)c1ccccc1.O=C([O-])C(=O)O. The van der Waals surface area contributed by atoms with Crippen LogP contribution < -0.4 is 10.0 Å². The Kier molecular flexibility index (Phi) is 9.82. The molecule has 2 N–H and O–H groups in total. The molecule has 0 bridgehead atoms. The minimum Gasteiger partial charge on any atom is -0.539 e. The van der Waals surface area contributed by atoms with Crippen LogP contribution in [-0.4, -0.2) is 37.2 Å². The van der Waals surface area contributed by atoms with Crippen LogP contribution in [0.1, 0.15) is 18.4 Å². The van der Waals surface area contributed by atoms with Gasteiger partial charge in [-0.1, -0.05) is 36.9 Å². The van der Waals surface area contributed by atoms with E-state index in [0.29, 0.717) is 0 Å². The Morgan fingerprint density at radius 2 is 1.91 bits per heavy atom. The van der Waals surface area contributed by atoms with Crippen LogP contribution in [0.4, 0.5) is 0 Å². The number of carbonyl (C=O) groups is 2. The van der Waals surface area contributed by atoms with Crippen molar-refractivity contribution in [2.45, 2.75) is 12.8 Å². The van der Waals surface area contributed by atoms with Crippen molar-refractivity contribution < 1.29 is 24.7 Å². The van der Waals surface area contributed by atoms with Gasteiger partial charge < -0.3 is 19.9 Å². The maximum Gasteiger partial charge on any atom is 0.351 e. The average molecular weight is 303 g/mol. The van der Waals surface area contributed by atoms with Gasteiger partial charge in [-0.25, -0.2) is 4.79 Å². The summed E-state index contributed by atoms with van der Waals surface area (Å²) in [7, 11) is 2.13. The van der Waals surface area contributed by atoms with Gasteiger partial charge in [-0.05, 0) is 23.5 Å². The Morgan fingerprint density at radius 1 is 1.36 bits per heavy atom. The van der Waals surface area contributed by atoms with Crippen LogP contribution >= 0.6 is 0 Å². The number of hydrogen-bond donors (Lipinski definition) is 2. The van der Waals surface area contributed by atoms with E-state index in [1.807, 2.05) is 6.07 Å². The molecule has 0 aliphatic heterocycles. The van der Waals surface area contributed by atoms with E-state index in [-0.39, 0.29) is 0 Å². The van der Waals surface area contributed by atoms with Crippen molar-refractivity contribution in [2.75, 3.05) is 20.1 Å². The fourth-order valence-electron chi connectivity index (χ4n) is 1.68. The summed E-state index contributed by atoms with van der Waals surface area (Å²) in [5, 5.41) is 16.3. The van der Waals surface area contributed by atoms with Gasteiger partial charge in [0.05, 0.1) is 13.6 Å². The molecule has 1 aromatic carbocycles. The molecular weight excluding hydrogens is 282 g/mol. The fourth-order valence-corrected chi connectivity index (χ4v) is 1.68. The monoisotopic (exact) mass is 303 g/mol. The van der Waals surface area contributed by atoms with Crippen molar-refractivity contribution in [3.05, 3.63) is 42.5 Å². The second-order valence-corrected chi connectivity index (χ2v) is 4.75. The number of quaternary nitrogens is 1. The summed E-state index contributed by atoms with van der Waals surface area (Å²) >= 11 is 0. The number of benzene rings is 1. The van der Waals surface area contributed by atoms with Crippen LogP contribution in [0.5, 0.6) is 0 Å². The molecule has 118 valence electrons. The van der Waals surface area contributed by atoms with Crippen molar-refractivity contribution in [3.63, 3.8) is 0 Å². The molecule has 0 aliphatic carbocycles. The Bertz CT molecular complexity index is 519. The van der Waals surface area contributed by atoms with E-state index in [4.69, 9.17) is 26.2 Å². The molecule has 0 saturated heterocycles. The quantitative estimate of drug-likeness (QED) is 0.546. The lowest BCUT2D eigenvalue weighted by molar-refractivity contribution is -0.872. The van der Waals surface area contributed by atoms with Crippen LogP contribution in [-0.2, 0) is 9.59 Å². The summed E-state index contributed by atoms with van der Waals surface area (Å²) in [4.78, 5) is 19.4. The number of carbonyl (C=O) groups excluding carboxylic acids is 1. The van der Waals surface area contributed by atoms with Gasteiger partial charge in [-0.2, -0.15) is 0 Å². The van der Waals surface area contributed by atoms with Gasteiger partial charge in [-0.15, -0.1) is 6.42 Å². The standard InChI is InChI=1S/C15H19N.C2H2O4/c1-4-12-16(3)13-8-9-14(2)15-10-6-5-7-11-15;3-1(4)2(5)6/h1,5-7,10-11H,2,8-9,12-13H2,3H3;(H,3,4)(H,5,6). The Hall–Kier alpha value is -2.58. The lowest BCUT2D eigenvalue weighted by Gasteiger charge is -2.11. The highest BCUT2D eigenvalue weighted by Crippen LogP contribution is 2.16. The van der Waals surface area contributed by atoms with E-state index in [0.717, 1.165) is 25.9 Å². The van der Waals surface area contributed by atoms with Crippen LogP contribution in [0, 0.1) is 12.3 Å². The van der Waals surface area contributed by atoms with Crippen LogP contribution in [0.3, 0.4) is 0 Å². The van der Waals surface area contributed by atoms with Gasteiger partial charge in [-0.3, -0.25) is 0 Å². The third-order valence-corrected chi connectivity index (χ3v) is 2.84. The number of terminal acetylenes is 1. The highest BCUT2D eigenvalue weighted by Gasteiger charge is 2.02. The number of carboxylic acids is 2. The summed E-state index contributed by atoms with van der Waals surface area (Å²) in [5.74, 6) is -1.33. The van der Waals surface area contributed by atoms with E-state index >= 15 is 0 Å². The highest BCUT2D eigenvalue weighted by molar-refractivity contribution is 6.26. The molecule has 0 aliphatic rings. The zero-order chi connectivity index (χ0) is 17.0. The van der Waals surface area contributed by atoms with Crippen LogP contribution in [0.25, 0.3) is 5.57 Å². The van der Waals surface area contributed by atoms with Gasteiger partial charge in [0.25, 0.3) is 0 Å². The zero-order valence-corrected chi connectivity index (χ0v) is 12.7. The van der Waals surface area contributed by atoms with Crippen molar-refractivity contribution >= 4 is 17.5 Å². The van der Waals surface area contributed by atoms with Gasteiger partial charge in [0.2, 0.25) is 0 Å². The summed E-state index contributed by atoms with van der Waals surface area (Å²) in [6.45, 7) is 6.03. The Labute approximate surface area is 130 Å². The van der Waals surface area contributed by atoms with Gasteiger partial charge in [0, 0.05) is 6.42 Å². The fraction of sp³-hybridized carbons (Fsp3) is 0.294. The summed E-state index contributed by atoms with van der Waals surface area (Å²) < 4.78 is 0. The van der Waals surface area contributed by atoms with E-state index in [9.17, 15) is 0 Å². The van der Waals surface area contributed by atoms with Crippen LogP contribution in [0.15, 0.2) is 36.9 Å². The normalized spacial score (nSPS) is 10.5. The predicted molar refractivity (Wildman–Crippen MR) is 82.8 cm³/mol. The van der Waals surface area contributed by atoms with E-state index in [2.05, 4.69) is 43.8 Å². The van der Waals surface area contributed by atoms with E-state index < -0.39 is 11.9 Å². The smallest absolute Gasteiger partial charge is 0.351 e. The summed E-state index contributed by atoms with van der Waals surface area (Å²) in [5.41, 5.74) is 2.46. The van der Waals surface area contributed by atoms with Crippen molar-refractivity contribution in [2.24, 2.45) is 0 Å². The number of allylic oxidation sites excluding steroid dienone is 1. The summed E-state index contributed by atoms with van der Waals surface area (Å²) in [6, 6.07) is 10.4. The maximum atomic E-state index is 9.04. The third-order valence-electron chi connectivity index (χ3n) is 2.84. The topological polar surface area (TPSA) is 81.9 Å². The molecule has 1 atom stereocenters. The maximum absolute atomic E-state index is 9.04. The predicted octanol–water partition coefficient (Wildman–Crippen LogP) is -0.551. The number of rotatable bonds is 6. The van der Waals surface area contributed by atoms with E-state index in [1.54, 1.807) is 0 Å². The lowest BCUT2D eigenvalue weighted by Crippen LogP contribution is -3.08. The molecule has 0 amide bonds. The Morgan fingerprint density at radius 3 is 2.36 bits per heavy atom. The number of aliphatic carboxylic acids is 2. The molecule has 5 heteroatoms.